The van der Waals surface area contributed by atoms with Crippen molar-refractivity contribution in [3.05, 3.63) is 29.8 Å². The van der Waals surface area contributed by atoms with E-state index in [2.05, 4.69) is 18.6 Å². The van der Waals surface area contributed by atoms with Crippen molar-refractivity contribution in [2.45, 2.75) is 32.7 Å². The number of carbonyl (C=O) groups is 1. The third-order valence-corrected chi connectivity index (χ3v) is 3.11. The summed E-state index contributed by atoms with van der Waals surface area (Å²) in [5, 5.41) is 0. The van der Waals surface area contributed by atoms with Gasteiger partial charge in [0.15, 0.2) is 0 Å². The fraction of sp³-hybridized carbons (Fsp3) is 0.533. The molecule has 1 aromatic carbocycles. The average molecular weight is 265 g/mol. The highest BCUT2D eigenvalue weighted by atomic mass is 16.5. The molecule has 4 heteroatoms. The molecular weight excluding hydrogens is 242 g/mol. The number of carbonyl (C=O) groups excluding carboxylic acids is 1. The molecule has 0 aliphatic heterocycles. The zero-order valence-electron chi connectivity index (χ0n) is 11.9. The summed E-state index contributed by atoms with van der Waals surface area (Å²) < 4.78 is 10.3. The Balaban J connectivity index is 2.49. The van der Waals surface area contributed by atoms with Crippen LogP contribution in [0.4, 0.5) is 0 Å². The first kappa shape index (κ1) is 15.5. The van der Waals surface area contributed by atoms with Gasteiger partial charge in [0, 0.05) is 0 Å². The van der Waals surface area contributed by atoms with E-state index >= 15 is 0 Å². The summed E-state index contributed by atoms with van der Waals surface area (Å²) in [6.45, 7) is 5.02. The van der Waals surface area contributed by atoms with Crippen LogP contribution in [0.15, 0.2) is 24.3 Å². The number of rotatable bonds is 7. The molecule has 0 radical (unpaired) electrons. The summed E-state index contributed by atoms with van der Waals surface area (Å²) in [6.07, 6.45) is 1.57. The maximum atomic E-state index is 11.2. The van der Waals surface area contributed by atoms with E-state index in [9.17, 15) is 4.79 Å². The third-order valence-electron chi connectivity index (χ3n) is 3.11. The van der Waals surface area contributed by atoms with Gasteiger partial charge in [0.05, 0.1) is 13.7 Å². The highest BCUT2D eigenvalue weighted by Gasteiger charge is 2.14. The molecule has 0 aliphatic carbocycles. The molecule has 0 aromatic heterocycles. The van der Waals surface area contributed by atoms with Crippen molar-refractivity contribution < 1.29 is 14.3 Å². The van der Waals surface area contributed by atoms with Crippen LogP contribution in [-0.2, 0) is 16.0 Å². The van der Waals surface area contributed by atoms with E-state index in [0.717, 1.165) is 24.3 Å². The van der Waals surface area contributed by atoms with Crippen LogP contribution in [-0.4, -0.2) is 25.7 Å². The van der Waals surface area contributed by atoms with Crippen molar-refractivity contribution in [3.63, 3.8) is 0 Å². The van der Waals surface area contributed by atoms with Crippen LogP contribution >= 0.6 is 0 Å². The van der Waals surface area contributed by atoms with E-state index in [4.69, 9.17) is 10.5 Å². The van der Waals surface area contributed by atoms with Crippen molar-refractivity contribution in [2.75, 3.05) is 13.7 Å². The maximum absolute atomic E-state index is 11.2. The molecule has 0 bridgehead atoms. The second-order valence-corrected chi connectivity index (χ2v) is 4.80. The van der Waals surface area contributed by atoms with Crippen molar-refractivity contribution in [1.29, 1.82) is 0 Å². The topological polar surface area (TPSA) is 61.5 Å². The minimum atomic E-state index is -0.614. The first-order valence-electron chi connectivity index (χ1n) is 6.62. The van der Waals surface area contributed by atoms with Crippen LogP contribution < -0.4 is 10.5 Å². The molecule has 0 aliphatic rings. The van der Waals surface area contributed by atoms with Crippen LogP contribution in [0.2, 0.25) is 0 Å². The molecule has 19 heavy (non-hydrogen) atoms. The largest absolute Gasteiger partial charge is 0.493 e. The van der Waals surface area contributed by atoms with E-state index < -0.39 is 12.0 Å². The Morgan fingerprint density at radius 1 is 1.32 bits per heavy atom. The van der Waals surface area contributed by atoms with Crippen molar-refractivity contribution in [1.82, 2.24) is 0 Å². The molecular formula is C15H23NO3. The number of nitrogens with two attached hydrogens (primary N) is 1. The molecule has 0 amide bonds. The molecule has 4 nitrogen and oxygen atoms in total. The molecule has 2 N–H and O–H groups in total. The van der Waals surface area contributed by atoms with Gasteiger partial charge in [-0.1, -0.05) is 32.4 Å². The first-order chi connectivity index (χ1) is 9.06. The number of esters is 1. The van der Waals surface area contributed by atoms with Crippen LogP contribution in [0.5, 0.6) is 5.75 Å². The smallest absolute Gasteiger partial charge is 0.322 e. The number of hydrogen-bond acceptors (Lipinski definition) is 4. The maximum Gasteiger partial charge on any atom is 0.322 e. The minimum Gasteiger partial charge on any atom is -0.493 e. The lowest BCUT2D eigenvalue weighted by atomic mass is 10.1. The Labute approximate surface area is 114 Å². The molecule has 1 rings (SSSR count). The summed E-state index contributed by atoms with van der Waals surface area (Å²) in [4.78, 5) is 11.2. The number of hydrogen-bond donors (Lipinski definition) is 1. The normalized spacial score (nSPS) is 13.7. The van der Waals surface area contributed by atoms with E-state index in [0.29, 0.717) is 12.3 Å². The van der Waals surface area contributed by atoms with E-state index in [1.54, 1.807) is 0 Å². The molecule has 2 unspecified atom stereocenters. The van der Waals surface area contributed by atoms with Gasteiger partial charge >= 0.3 is 5.97 Å². The van der Waals surface area contributed by atoms with Gasteiger partial charge in [0.25, 0.3) is 0 Å². The molecule has 2 atom stereocenters. The van der Waals surface area contributed by atoms with Gasteiger partial charge in [-0.15, -0.1) is 0 Å². The SMILES string of the molecule is CCC(C)COc1ccc(CC(N)C(=O)OC)cc1. The fourth-order valence-electron chi connectivity index (χ4n) is 1.57. The summed E-state index contributed by atoms with van der Waals surface area (Å²) in [6, 6.07) is 7.05. The molecule has 0 spiro atoms. The van der Waals surface area contributed by atoms with Gasteiger partial charge in [0.2, 0.25) is 0 Å². The van der Waals surface area contributed by atoms with E-state index in [-0.39, 0.29) is 0 Å². The third kappa shape index (κ3) is 5.30. The van der Waals surface area contributed by atoms with Crippen molar-refractivity contribution in [3.8, 4) is 5.75 Å². The fourth-order valence-corrected chi connectivity index (χ4v) is 1.57. The highest BCUT2D eigenvalue weighted by molar-refractivity contribution is 5.75. The monoisotopic (exact) mass is 265 g/mol. The number of ether oxygens (including phenoxy) is 2. The summed E-state index contributed by atoms with van der Waals surface area (Å²) in [5.74, 6) is 1.00. The highest BCUT2D eigenvalue weighted by Crippen LogP contribution is 2.15. The van der Waals surface area contributed by atoms with Gasteiger partial charge in [-0.25, -0.2) is 0 Å². The Kier molecular flexibility index (Phi) is 6.36. The van der Waals surface area contributed by atoms with Gasteiger partial charge in [0.1, 0.15) is 11.8 Å². The van der Waals surface area contributed by atoms with E-state index in [1.807, 2.05) is 24.3 Å². The van der Waals surface area contributed by atoms with Crippen LogP contribution in [0.3, 0.4) is 0 Å². The predicted molar refractivity (Wildman–Crippen MR) is 75.1 cm³/mol. The minimum absolute atomic E-state index is 0.392. The van der Waals surface area contributed by atoms with Crippen LogP contribution in [0.25, 0.3) is 0 Å². The molecule has 0 saturated carbocycles. The average Bonchev–Trinajstić information content (AvgIpc) is 2.45. The molecule has 0 saturated heterocycles. The van der Waals surface area contributed by atoms with Crippen LogP contribution in [0, 0.1) is 5.92 Å². The second-order valence-electron chi connectivity index (χ2n) is 4.80. The molecule has 0 fully saturated rings. The zero-order valence-corrected chi connectivity index (χ0v) is 11.9. The standard InChI is InChI=1S/C15H23NO3/c1-4-11(2)10-19-13-7-5-12(6-8-13)9-14(16)15(17)18-3/h5-8,11,14H,4,9-10,16H2,1-3H3. The lowest BCUT2D eigenvalue weighted by molar-refractivity contribution is -0.142. The van der Waals surface area contributed by atoms with Gasteiger partial charge in [-0.3, -0.25) is 4.79 Å². The van der Waals surface area contributed by atoms with Gasteiger partial charge in [-0.05, 0) is 30.0 Å². The first-order valence-corrected chi connectivity index (χ1v) is 6.62. The zero-order chi connectivity index (χ0) is 14.3. The predicted octanol–water partition coefficient (Wildman–Crippen LogP) is 2.15. The molecule has 106 valence electrons. The lowest BCUT2D eigenvalue weighted by Crippen LogP contribution is -2.33. The Morgan fingerprint density at radius 3 is 2.47 bits per heavy atom. The van der Waals surface area contributed by atoms with Crippen molar-refractivity contribution >= 4 is 5.97 Å². The Morgan fingerprint density at radius 2 is 1.95 bits per heavy atom. The Hall–Kier alpha value is -1.55. The quantitative estimate of drug-likeness (QED) is 0.767. The summed E-state index contributed by atoms with van der Waals surface area (Å²) in [7, 11) is 1.34. The van der Waals surface area contributed by atoms with E-state index in [1.165, 1.54) is 7.11 Å². The van der Waals surface area contributed by atoms with Crippen LogP contribution in [0.1, 0.15) is 25.8 Å². The lowest BCUT2D eigenvalue weighted by Gasteiger charge is -2.12. The van der Waals surface area contributed by atoms with Gasteiger partial charge in [-0.2, -0.15) is 0 Å². The number of benzene rings is 1. The summed E-state index contributed by atoms with van der Waals surface area (Å²) in [5.41, 5.74) is 6.70. The number of methoxy groups -OCH3 is 1. The molecule has 0 heterocycles. The van der Waals surface area contributed by atoms with Crippen molar-refractivity contribution in [2.24, 2.45) is 11.7 Å². The molecule has 1 aromatic rings. The second kappa shape index (κ2) is 7.79. The Bertz CT molecular complexity index is 389. The summed E-state index contributed by atoms with van der Waals surface area (Å²) >= 11 is 0. The van der Waals surface area contributed by atoms with Gasteiger partial charge < -0.3 is 15.2 Å².